The van der Waals surface area contributed by atoms with E-state index in [1.165, 1.54) is 0 Å². The predicted molar refractivity (Wildman–Crippen MR) is 115 cm³/mol. The molecule has 0 fully saturated rings. The number of nitrogens with one attached hydrogen (secondary N) is 2. The lowest BCUT2D eigenvalue weighted by atomic mass is 10.1. The number of benzene rings is 2. The molecule has 0 unspecified atom stereocenters. The van der Waals surface area contributed by atoms with E-state index >= 15 is 0 Å². The lowest BCUT2D eigenvalue weighted by molar-refractivity contribution is 0.101. The van der Waals surface area contributed by atoms with Gasteiger partial charge >= 0.3 is 0 Å². The van der Waals surface area contributed by atoms with Crippen LogP contribution in [0.3, 0.4) is 0 Å². The summed E-state index contributed by atoms with van der Waals surface area (Å²) in [5.74, 6) is 0.196. The summed E-state index contributed by atoms with van der Waals surface area (Å²) in [6.07, 6.45) is 3.15. The molecular formula is C23H19N5O2. The van der Waals surface area contributed by atoms with Gasteiger partial charge in [-0.25, -0.2) is 0 Å². The van der Waals surface area contributed by atoms with Gasteiger partial charge in [-0.15, -0.1) is 0 Å². The van der Waals surface area contributed by atoms with Crippen LogP contribution in [0.1, 0.15) is 20.7 Å². The van der Waals surface area contributed by atoms with Crippen molar-refractivity contribution in [2.24, 2.45) is 7.05 Å². The summed E-state index contributed by atoms with van der Waals surface area (Å²) >= 11 is 0. The van der Waals surface area contributed by atoms with E-state index < -0.39 is 0 Å². The lowest BCUT2D eigenvalue weighted by Gasteiger charge is -2.05. The molecule has 0 saturated carbocycles. The van der Waals surface area contributed by atoms with Crippen molar-refractivity contribution in [1.82, 2.24) is 14.8 Å². The van der Waals surface area contributed by atoms with Gasteiger partial charge in [0.25, 0.3) is 11.8 Å². The Bertz CT molecular complexity index is 1170. The van der Waals surface area contributed by atoms with Gasteiger partial charge < -0.3 is 10.6 Å². The van der Waals surface area contributed by atoms with Crippen molar-refractivity contribution in [2.45, 2.75) is 0 Å². The third-order valence-corrected chi connectivity index (χ3v) is 4.54. The molecule has 7 nitrogen and oxygen atoms in total. The fourth-order valence-electron chi connectivity index (χ4n) is 2.93. The highest BCUT2D eigenvalue weighted by Crippen LogP contribution is 2.23. The summed E-state index contributed by atoms with van der Waals surface area (Å²) in [4.78, 5) is 28.5. The van der Waals surface area contributed by atoms with Crippen molar-refractivity contribution < 1.29 is 9.59 Å². The molecule has 0 radical (unpaired) electrons. The fourth-order valence-corrected chi connectivity index (χ4v) is 2.93. The number of aromatic nitrogens is 3. The van der Waals surface area contributed by atoms with Crippen molar-refractivity contribution in [3.63, 3.8) is 0 Å². The number of rotatable bonds is 5. The second-order valence-corrected chi connectivity index (χ2v) is 6.63. The minimum absolute atomic E-state index is 0.195. The molecule has 0 aliphatic rings. The van der Waals surface area contributed by atoms with Gasteiger partial charge in [0, 0.05) is 47.9 Å². The highest BCUT2D eigenvalue weighted by atomic mass is 16.2. The molecule has 0 spiro atoms. The van der Waals surface area contributed by atoms with Crippen LogP contribution in [0.25, 0.3) is 11.3 Å². The molecule has 0 atom stereocenters. The number of anilines is 2. The molecule has 2 aromatic heterocycles. The Hall–Kier alpha value is -4.26. The molecule has 2 aromatic carbocycles. The first kappa shape index (κ1) is 19.1. The number of hydrogen-bond donors (Lipinski definition) is 2. The van der Waals surface area contributed by atoms with E-state index in [4.69, 9.17) is 0 Å². The SMILES string of the molecule is Cn1nc(-c2ccc(NC(=O)c3ccncc3)cc2)cc1NC(=O)c1ccccc1. The molecule has 0 saturated heterocycles. The molecule has 0 aliphatic heterocycles. The summed E-state index contributed by atoms with van der Waals surface area (Å²) in [6.45, 7) is 0. The van der Waals surface area contributed by atoms with Gasteiger partial charge in [-0.3, -0.25) is 19.3 Å². The molecular weight excluding hydrogens is 378 g/mol. The van der Waals surface area contributed by atoms with E-state index in [9.17, 15) is 9.59 Å². The van der Waals surface area contributed by atoms with Gasteiger partial charge in [-0.2, -0.15) is 5.10 Å². The predicted octanol–water partition coefficient (Wildman–Crippen LogP) is 3.99. The van der Waals surface area contributed by atoms with E-state index in [2.05, 4.69) is 20.7 Å². The minimum atomic E-state index is -0.200. The quantitative estimate of drug-likeness (QED) is 0.533. The van der Waals surface area contributed by atoms with Gasteiger partial charge in [-0.05, 0) is 36.4 Å². The Kier molecular flexibility index (Phi) is 5.34. The normalized spacial score (nSPS) is 10.4. The molecule has 0 bridgehead atoms. The van der Waals surface area contributed by atoms with Crippen LogP contribution >= 0.6 is 0 Å². The van der Waals surface area contributed by atoms with Gasteiger partial charge in [0.05, 0.1) is 5.69 Å². The zero-order valence-electron chi connectivity index (χ0n) is 16.2. The Morgan fingerprint density at radius 1 is 0.800 bits per heavy atom. The van der Waals surface area contributed by atoms with E-state index in [0.29, 0.717) is 28.3 Å². The van der Waals surface area contributed by atoms with Crippen LogP contribution in [0, 0.1) is 0 Å². The maximum Gasteiger partial charge on any atom is 0.256 e. The Morgan fingerprint density at radius 3 is 2.13 bits per heavy atom. The zero-order valence-corrected chi connectivity index (χ0v) is 16.2. The van der Waals surface area contributed by atoms with Gasteiger partial charge in [0.1, 0.15) is 5.82 Å². The van der Waals surface area contributed by atoms with Crippen LogP contribution in [-0.2, 0) is 7.05 Å². The smallest absolute Gasteiger partial charge is 0.256 e. The number of carbonyl (C=O) groups excluding carboxylic acids is 2. The summed E-state index contributed by atoms with van der Waals surface area (Å²) in [7, 11) is 1.77. The third kappa shape index (κ3) is 4.25. The number of nitrogens with zero attached hydrogens (tertiary/aromatic N) is 3. The second kappa shape index (κ2) is 8.40. The number of amides is 2. The van der Waals surface area contributed by atoms with E-state index in [-0.39, 0.29) is 11.8 Å². The topological polar surface area (TPSA) is 88.9 Å². The number of carbonyl (C=O) groups is 2. The van der Waals surface area contributed by atoms with Gasteiger partial charge in [0.15, 0.2) is 0 Å². The minimum Gasteiger partial charge on any atom is -0.322 e. The third-order valence-electron chi connectivity index (χ3n) is 4.54. The Balaban J connectivity index is 1.46. The molecule has 0 aliphatic carbocycles. The first-order valence-corrected chi connectivity index (χ1v) is 9.32. The number of aryl methyl sites for hydroxylation is 1. The average Bonchev–Trinajstić information content (AvgIpc) is 3.15. The summed E-state index contributed by atoms with van der Waals surface area (Å²) in [5.41, 5.74) is 3.38. The first-order valence-electron chi connectivity index (χ1n) is 9.32. The molecule has 30 heavy (non-hydrogen) atoms. The highest BCUT2D eigenvalue weighted by molar-refractivity contribution is 6.04. The maximum absolute atomic E-state index is 12.4. The Morgan fingerprint density at radius 2 is 1.43 bits per heavy atom. The zero-order chi connectivity index (χ0) is 20.9. The van der Waals surface area contributed by atoms with Crippen LogP contribution in [0.5, 0.6) is 0 Å². The Labute approximate surface area is 173 Å². The molecule has 7 heteroatoms. The lowest BCUT2D eigenvalue weighted by Crippen LogP contribution is -2.14. The van der Waals surface area contributed by atoms with E-state index in [0.717, 1.165) is 5.56 Å². The van der Waals surface area contributed by atoms with Crippen LogP contribution in [0.4, 0.5) is 11.5 Å². The van der Waals surface area contributed by atoms with Gasteiger partial charge in [-0.1, -0.05) is 30.3 Å². The monoisotopic (exact) mass is 397 g/mol. The average molecular weight is 397 g/mol. The second-order valence-electron chi connectivity index (χ2n) is 6.63. The molecule has 2 amide bonds. The van der Waals surface area contributed by atoms with E-state index in [1.807, 2.05) is 48.5 Å². The van der Waals surface area contributed by atoms with Crippen LogP contribution in [0.15, 0.2) is 85.2 Å². The first-order chi connectivity index (χ1) is 14.6. The van der Waals surface area contributed by atoms with E-state index in [1.54, 1.807) is 48.4 Å². The molecule has 148 valence electrons. The highest BCUT2D eigenvalue weighted by Gasteiger charge is 2.12. The summed E-state index contributed by atoms with van der Waals surface area (Å²) in [6, 6.07) is 21.5. The fraction of sp³-hybridized carbons (Fsp3) is 0.0435. The van der Waals surface area contributed by atoms with Crippen LogP contribution in [-0.4, -0.2) is 26.6 Å². The summed E-state index contributed by atoms with van der Waals surface area (Å²) in [5, 5.41) is 10.2. The van der Waals surface area contributed by atoms with Crippen molar-refractivity contribution in [3.05, 3.63) is 96.3 Å². The van der Waals surface area contributed by atoms with Crippen molar-refractivity contribution in [3.8, 4) is 11.3 Å². The molecule has 4 aromatic rings. The molecule has 2 N–H and O–H groups in total. The standard InChI is InChI=1S/C23H19N5O2/c1-28-21(26-23(30)17-5-3-2-4-6-17)15-20(27-28)16-7-9-19(10-8-16)25-22(29)18-11-13-24-14-12-18/h2-15H,1H3,(H,25,29)(H,26,30). The largest absolute Gasteiger partial charge is 0.322 e. The van der Waals surface area contributed by atoms with Gasteiger partial charge in [0.2, 0.25) is 0 Å². The number of pyridine rings is 1. The van der Waals surface area contributed by atoms with Crippen molar-refractivity contribution in [1.29, 1.82) is 0 Å². The molecule has 2 heterocycles. The van der Waals surface area contributed by atoms with Crippen LogP contribution < -0.4 is 10.6 Å². The maximum atomic E-state index is 12.4. The molecule has 4 rings (SSSR count). The number of hydrogen-bond acceptors (Lipinski definition) is 4. The van der Waals surface area contributed by atoms with Crippen molar-refractivity contribution in [2.75, 3.05) is 10.6 Å². The van der Waals surface area contributed by atoms with Crippen molar-refractivity contribution >= 4 is 23.3 Å². The van der Waals surface area contributed by atoms with Crippen LogP contribution in [0.2, 0.25) is 0 Å². The summed E-state index contributed by atoms with van der Waals surface area (Å²) < 4.78 is 1.62.